The van der Waals surface area contributed by atoms with Crippen LogP contribution in [0.25, 0.3) is 0 Å². The lowest BCUT2D eigenvalue weighted by Gasteiger charge is -2.27. The highest BCUT2D eigenvalue weighted by molar-refractivity contribution is 5.69. The third kappa shape index (κ3) is 3.77. The number of carbonyl (C=O) groups is 1. The monoisotopic (exact) mass is 369 g/mol. The highest BCUT2D eigenvalue weighted by Gasteiger charge is 2.46. The quantitative estimate of drug-likeness (QED) is 0.844. The minimum atomic E-state index is -1.33. The number of hydrogen-bond donors (Lipinski definition) is 1. The fourth-order valence-electron chi connectivity index (χ4n) is 3.60. The maximum atomic E-state index is 11.5. The highest BCUT2D eigenvalue weighted by atomic mass is 16.7. The van der Waals surface area contributed by atoms with Crippen molar-refractivity contribution in [3.8, 4) is 11.5 Å². The molecule has 0 amide bonds. The third-order valence-corrected chi connectivity index (χ3v) is 5.00. The van der Waals surface area contributed by atoms with Gasteiger partial charge < -0.3 is 19.3 Å². The summed E-state index contributed by atoms with van der Waals surface area (Å²) in [5.74, 6) is -1.05. The van der Waals surface area contributed by atoms with Gasteiger partial charge in [-0.25, -0.2) is 0 Å². The van der Waals surface area contributed by atoms with Gasteiger partial charge >= 0.3 is 5.97 Å². The Kier molecular flexibility index (Phi) is 5.01. The Bertz CT molecular complexity index is 803. The zero-order chi connectivity index (χ0) is 18.7. The molecule has 0 saturated carbocycles. The first-order valence-corrected chi connectivity index (χ1v) is 9.24. The van der Waals surface area contributed by atoms with Gasteiger partial charge in [-0.2, -0.15) is 0 Å². The van der Waals surface area contributed by atoms with Crippen LogP contribution >= 0.6 is 0 Å². The lowest BCUT2D eigenvalue weighted by Crippen LogP contribution is -2.38. The van der Waals surface area contributed by atoms with Crippen molar-refractivity contribution in [2.75, 3.05) is 32.8 Å². The first-order valence-electron chi connectivity index (χ1n) is 9.24. The largest absolute Gasteiger partial charge is 0.481 e. The van der Waals surface area contributed by atoms with Crippen LogP contribution in [0.5, 0.6) is 11.5 Å². The third-order valence-electron chi connectivity index (χ3n) is 5.00. The summed E-state index contributed by atoms with van der Waals surface area (Å²) in [6, 6.07) is 15.0. The summed E-state index contributed by atoms with van der Waals surface area (Å²) in [6.45, 7) is 4.30. The van der Waals surface area contributed by atoms with E-state index < -0.39 is 11.8 Å². The van der Waals surface area contributed by atoms with Crippen LogP contribution in [0.4, 0.5) is 0 Å². The minimum Gasteiger partial charge on any atom is -0.481 e. The number of carboxylic acid groups (broad SMARTS) is 1. The van der Waals surface area contributed by atoms with Gasteiger partial charge in [0.2, 0.25) is 0 Å². The number of para-hydroxylation sites is 1. The number of carboxylic acids is 1. The second-order valence-corrected chi connectivity index (χ2v) is 6.84. The standard InChI is InChI=1S/C21H23NO5/c23-19(24)15-21(17-6-2-1-3-7-17)26-18-8-4-5-16(20(18)27-21)9-10-22-11-13-25-14-12-22/h1-8H,9-15H2,(H,23,24). The second-order valence-electron chi connectivity index (χ2n) is 6.84. The Morgan fingerprint density at radius 1 is 1.04 bits per heavy atom. The van der Waals surface area contributed by atoms with Crippen LogP contribution < -0.4 is 9.47 Å². The van der Waals surface area contributed by atoms with Crippen molar-refractivity contribution in [1.29, 1.82) is 0 Å². The molecule has 1 fully saturated rings. The van der Waals surface area contributed by atoms with Crippen LogP contribution in [0.3, 0.4) is 0 Å². The number of aliphatic carboxylic acids is 1. The number of rotatable bonds is 6. The van der Waals surface area contributed by atoms with E-state index >= 15 is 0 Å². The van der Waals surface area contributed by atoms with Gasteiger partial charge in [-0.05, 0) is 18.1 Å². The Hall–Kier alpha value is -2.57. The van der Waals surface area contributed by atoms with Crippen LogP contribution in [-0.2, 0) is 21.7 Å². The zero-order valence-corrected chi connectivity index (χ0v) is 15.1. The van der Waals surface area contributed by atoms with E-state index in [0.29, 0.717) is 17.1 Å². The average molecular weight is 369 g/mol. The normalized spacial score (nSPS) is 21.9. The van der Waals surface area contributed by atoms with Crippen molar-refractivity contribution in [2.24, 2.45) is 0 Å². The second kappa shape index (κ2) is 7.58. The van der Waals surface area contributed by atoms with Gasteiger partial charge in [-0.1, -0.05) is 42.5 Å². The summed E-state index contributed by atoms with van der Waals surface area (Å²) in [6.07, 6.45) is 0.541. The van der Waals surface area contributed by atoms with Crippen molar-refractivity contribution in [1.82, 2.24) is 4.90 Å². The summed E-state index contributed by atoms with van der Waals surface area (Å²) in [7, 11) is 0. The van der Waals surface area contributed by atoms with Gasteiger partial charge in [0.05, 0.1) is 13.2 Å². The van der Waals surface area contributed by atoms with E-state index in [0.717, 1.165) is 44.8 Å². The van der Waals surface area contributed by atoms with Gasteiger partial charge in [-0.3, -0.25) is 9.69 Å². The van der Waals surface area contributed by atoms with Gasteiger partial charge in [0, 0.05) is 25.2 Å². The summed E-state index contributed by atoms with van der Waals surface area (Å²) in [5, 5.41) is 9.44. The van der Waals surface area contributed by atoms with Gasteiger partial charge in [0.15, 0.2) is 11.5 Å². The van der Waals surface area contributed by atoms with Gasteiger partial charge in [0.1, 0.15) is 6.42 Å². The molecule has 1 N–H and O–H groups in total. The molecule has 2 aromatic carbocycles. The Morgan fingerprint density at radius 2 is 1.81 bits per heavy atom. The summed E-state index contributed by atoms with van der Waals surface area (Å²) >= 11 is 0. The Labute approximate surface area is 158 Å². The Morgan fingerprint density at radius 3 is 2.56 bits per heavy atom. The molecule has 0 aromatic heterocycles. The summed E-state index contributed by atoms with van der Waals surface area (Å²) < 4.78 is 17.7. The fourth-order valence-corrected chi connectivity index (χ4v) is 3.60. The molecule has 6 nitrogen and oxygen atoms in total. The van der Waals surface area contributed by atoms with Crippen molar-refractivity contribution in [3.63, 3.8) is 0 Å². The van der Waals surface area contributed by atoms with Gasteiger partial charge in [-0.15, -0.1) is 0 Å². The predicted octanol–water partition coefficient (Wildman–Crippen LogP) is 2.66. The predicted molar refractivity (Wildman–Crippen MR) is 99.0 cm³/mol. The molecule has 0 spiro atoms. The number of ether oxygens (including phenoxy) is 3. The molecule has 0 aliphatic carbocycles. The molecular weight excluding hydrogens is 346 g/mol. The van der Waals surface area contributed by atoms with E-state index in [1.165, 1.54) is 0 Å². The molecule has 1 unspecified atom stereocenters. The molecule has 4 rings (SSSR count). The van der Waals surface area contributed by atoms with Crippen LogP contribution in [0.1, 0.15) is 17.5 Å². The molecule has 2 heterocycles. The molecule has 1 saturated heterocycles. The molecule has 2 aliphatic heterocycles. The fraction of sp³-hybridized carbons (Fsp3) is 0.381. The molecule has 2 aliphatic rings. The van der Waals surface area contributed by atoms with E-state index in [1.54, 1.807) is 0 Å². The van der Waals surface area contributed by atoms with Crippen molar-refractivity contribution >= 4 is 5.97 Å². The SMILES string of the molecule is O=C(O)CC1(c2ccccc2)Oc2cccc(CCN3CCOCC3)c2O1. The topological polar surface area (TPSA) is 68.2 Å². The zero-order valence-electron chi connectivity index (χ0n) is 15.1. The van der Waals surface area contributed by atoms with Gasteiger partial charge in [0.25, 0.3) is 5.79 Å². The van der Waals surface area contributed by atoms with E-state index in [2.05, 4.69) is 4.90 Å². The van der Waals surface area contributed by atoms with Crippen molar-refractivity contribution < 1.29 is 24.1 Å². The molecule has 6 heteroatoms. The first kappa shape index (κ1) is 17.8. The minimum absolute atomic E-state index is 0.269. The van der Waals surface area contributed by atoms with E-state index in [9.17, 15) is 9.90 Å². The smallest absolute Gasteiger partial charge is 0.311 e. The summed E-state index contributed by atoms with van der Waals surface area (Å²) in [4.78, 5) is 13.9. The summed E-state index contributed by atoms with van der Waals surface area (Å²) in [5.41, 5.74) is 1.73. The van der Waals surface area contributed by atoms with E-state index in [-0.39, 0.29) is 6.42 Å². The molecule has 0 radical (unpaired) electrons. The number of morpholine rings is 1. The molecule has 2 aromatic rings. The molecular formula is C21H23NO5. The number of hydrogen-bond acceptors (Lipinski definition) is 5. The molecule has 27 heavy (non-hydrogen) atoms. The maximum Gasteiger partial charge on any atom is 0.311 e. The highest BCUT2D eigenvalue weighted by Crippen LogP contribution is 2.47. The van der Waals surface area contributed by atoms with Crippen LogP contribution in [0.2, 0.25) is 0 Å². The van der Waals surface area contributed by atoms with Crippen molar-refractivity contribution in [3.05, 3.63) is 59.7 Å². The van der Waals surface area contributed by atoms with E-state index in [1.807, 2.05) is 48.5 Å². The van der Waals surface area contributed by atoms with Crippen LogP contribution in [-0.4, -0.2) is 48.8 Å². The number of fused-ring (bicyclic) bond motifs is 1. The molecule has 0 bridgehead atoms. The first-order chi connectivity index (χ1) is 13.2. The lowest BCUT2D eigenvalue weighted by atomic mass is 10.0. The van der Waals surface area contributed by atoms with Crippen LogP contribution in [0, 0.1) is 0 Å². The van der Waals surface area contributed by atoms with Crippen LogP contribution in [0.15, 0.2) is 48.5 Å². The molecule has 142 valence electrons. The van der Waals surface area contributed by atoms with Crippen molar-refractivity contribution in [2.45, 2.75) is 18.6 Å². The van der Waals surface area contributed by atoms with E-state index in [4.69, 9.17) is 14.2 Å². The Balaban J connectivity index is 1.58. The number of nitrogens with zero attached hydrogens (tertiary/aromatic N) is 1. The number of benzene rings is 2. The lowest BCUT2D eigenvalue weighted by molar-refractivity contribution is -0.154. The molecule has 1 atom stereocenters. The maximum absolute atomic E-state index is 11.5. The average Bonchev–Trinajstić information content (AvgIpc) is 3.07.